The number of halogens is 3. The molecule has 7 nitrogen and oxygen atoms in total. The zero-order valence-electron chi connectivity index (χ0n) is 17.9. The molecule has 1 saturated heterocycles. The molecule has 0 aromatic heterocycles. The molecular weight excluding hydrogens is 417 g/mol. The van der Waals surface area contributed by atoms with E-state index in [-0.39, 0.29) is 13.0 Å². The van der Waals surface area contributed by atoms with Gasteiger partial charge in [0.2, 0.25) is 0 Å². The predicted octanol–water partition coefficient (Wildman–Crippen LogP) is 4.06. The molecule has 1 N–H and O–H groups in total. The highest BCUT2D eigenvalue weighted by molar-refractivity contribution is 5.98. The highest BCUT2D eigenvalue weighted by Crippen LogP contribution is 2.28. The van der Waals surface area contributed by atoms with Gasteiger partial charge >= 0.3 is 18.4 Å². The van der Waals surface area contributed by atoms with Crippen molar-refractivity contribution >= 4 is 18.1 Å². The molecular formula is C21H27F3N2O5. The Bertz CT molecular complexity index is 792. The molecule has 1 fully saturated rings. The van der Waals surface area contributed by atoms with Gasteiger partial charge in [-0.25, -0.2) is 14.5 Å². The molecule has 31 heavy (non-hydrogen) atoms. The second-order valence-electron chi connectivity index (χ2n) is 8.55. The van der Waals surface area contributed by atoms with Crippen LogP contribution >= 0.6 is 0 Å². The van der Waals surface area contributed by atoms with E-state index in [0.717, 1.165) is 10.5 Å². The number of alkyl carbamates (subject to hydrolysis) is 1. The summed E-state index contributed by atoms with van der Waals surface area (Å²) >= 11 is 0. The van der Waals surface area contributed by atoms with Crippen LogP contribution in [0.4, 0.5) is 22.8 Å². The number of hydrogen-bond acceptors (Lipinski definition) is 5. The second kappa shape index (κ2) is 9.57. The van der Waals surface area contributed by atoms with Crippen LogP contribution in [0.5, 0.6) is 0 Å². The molecule has 0 aliphatic carbocycles. The Hall–Kier alpha value is -2.78. The highest BCUT2D eigenvalue weighted by atomic mass is 19.4. The minimum absolute atomic E-state index is 0.0910. The normalized spacial score (nSPS) is 18.9. The first-order valence-corrected chi connectivity index (χ1v) is 9.87. The number of benzene rings is 1. The summed E-state index contributed by atoms with van der Waals surface area (Å²) < 4.78 is 49.1. The van der Waals surface area contributed by atoms with Crippen molar-refractivity contribution in [1.29, 1.82) is 0 Å². The Morgan fingerprint density at radius 2 is 1.84 bits per heavy atom. The molecule has 1 aliphatic rings. The number of alkyl halides is 3. The van der Waals surface area contributed by atoms with Crippen LogP contribution in [0.3, 0.4) is 0 Å². The summed E-state index contributed by atoms with van der Waals surface area (Å²) in [6.07, 6.45) is -7.63. The number of hydrogen-bond donors (Lipinski definition) is 1. The minimum Gasteiger partial charge on any atom is -0.447 e. The van der Waals surface area contributed by atoms with Gasteiger partial charge in [0.05, 0.1) is 6.04 Å². The molecule has 3 amide bonds. The monoisotopic (exact) mass is 444 g/mol. The standard InChI is InChI=1S/C21H27F3N2O5/c1-13(11-21(22,23)24)16(25-18(28)31-20(2,3)4)17(27)26-15(12-30-19(26)29)10-14-8-6-5-7-9-14/h5-9,13,15-16H,10-12H2,1-4H3,(H,25,28)/t13-,15+,16+/m1/s1. The number of nitrogens with zero attached hydrogens (tertiary/aromatic N) is 1. The van der Waals surface area contributed by atoms with Gasteiger partial charge in [0, 0.05) is 6.42 Å². The Labute approximate surface area is 178 Å². The van der Waals surface area contributed by atoms with Crippen molar-refractivity contribution in [3.8, 4) is 0 Å². The maximum absolute atomic E-state index is 13.2. The smallest absolute Gasteiger partial charge is 0.417 e. The summed E-state index contributed by atoms with van der Waals surface area (Å²) in [6, 6.07) is 6.66. The number of carbonyl (C=O) groups excluding carboxylic acids is 3. The molecule has 1 aromatic carbocycles. The number of ether oxygens (including phenoxy) is 2. The molecule has 0 radical (unpaired) electrons. The van der Waals surface area contributed by atoms with Crippen LogP contribution in [0, 0.1) is 5.92 Å². The molecule has 2 rings (SSSR count). The SMILES string of the molecule is C[C@H](CC(F)(F)F)[C@H](NC(=O)OC(C)(C)C)C(=O)N1C(=O)OC[C@@H]1Cc1ccccc1. The van der Waals surface area contributed by atoms with E-state index < -0.39 is 54.3 Å². The van der Waals surface area contributed by atoms with Crippen molar-refractivity contribution in [2.45, 2.75) is 64.4 Å². The van der Waals surface area contributed by atoms with Crippen molar-refractivity contribution in [3.05, 3.63) is 35.9 Å². The third kappa shape index (κ3) is 7.45. The van der Waals surface area contributed by atoms with Gasteiger partial charge in [-0.05, 0) is 38.7 Å². The minimum atomic E-state index is -4.57. The van der Waals surface area contributed by atoms with Crippen LogP contribution < -0.4 is 5.32 Å². The second-order valence-corrected chi connectivity index (χ2v) is 8.55. The lowest BCUT2D eigenvalue weighted by atomic mass is 9.95. The Kier molecular flexibility index (Phi) is 7.56. The van der Waals surface area contributed by atoms with Gasteiger partial charge in [-0.3, -0.25) is 4.79 Å². The molecule has 0 unspecified atom stereocenters. The summed E-state index contributed by atoms with van der Waals surface area (Å²) in [5.74, 6) is -2.31. The molecule has 3 atom stereocenters. The van der Waals surface area contributed by atoms with Crippen LogP contribution in [0.2, 0.25) is 0 Å². The first-order valence-electron chi connectivity index (χ1n) is 9.87. The summed E-state index contributed by atoms with van der Waals surface area (Å²) in [7, 11) is 0. The fraction of sp³-hybridized carbons (Fsp3) is 0.571. The lowest BCUT2D eigenvalue weighted by Gasteiger charge is -2.30. The van der Waals surface area contributed by atoms with Crippen molar-refractivity contribution in [1.82, 2.24) is 10.2 Å². The van der Waals surface area contributed by atoms with Gasteiger partial charge in [-0.15, -0.1) is 0 Å². The molecule has 1 aliphatic heterocycles. The largest absolute Gasteiger partial charge is 0.447 e. The molecule has 1 aromatic rings. The summed E-state index contributed by atoms with van der Waals surface area (Å²) in [5, 5.41) is 2.22. The van der Waals surface area contributed by atoms with E-state index in [2.05, 4.69) is 5.32 Å². The Morgan fingerprint density at radius 3 is 2.39 bits per heavy atom. The van der Waals surface area contributed by atoms with E-state index in [0.29, 0.717) is 0 Å². The number of imide groups is 1. The molecule has 172 valence electrons. The third-order valence-electron chi connectivity index (χ3n) is 4.57. The van der Waals surface area contributed by atoms with E-state index in [9.17, 15) is 27.6 Å². The molecule has 0 spiro atoms. The fourth-order valence-electron chi connectivity index (χ4n) is 3.28. The number of nitrogens with one attached hydrogen (secondary N) is 1. The van der Waals surface area contributed by atoms with E-state index in [1.165, 1.54) is 6.92 Å². The average molecular weight is 444 g/mol. The Morgan fingerprint density at radius 1 is 1.23 bits per heavy atom. The van der Waals surface area contributed by atoms with E-state index >= 15 is 0 Å². The van der Waals surface area contributed by atoms with Crippen molar-refractivity contribution in [2.75, 3.05) is 6.61 Å². The predicted molar refractivity (Wildman–Crippen MR) is 105 cm³/mol. The third-order valence-corrected chi connectivity index (χ3v) is 4.57. The van der Waals surface area contributed by atoms with Gasteiger partial charge in [0.25, 0.3) is 5.91 Å². The zero-order valence-corrected chi connectivity index (χ0v) is 17.9. The Balaban J connectivity index is 2.25. The van der Waals surface area contributed by atoms with Crippen molar-refractivity contribution in [3.63, 3.8) is 0 Å². The lowest BCUT2D eigenvalue weighted by molar-refractivity contribution is -0.150. The van der Waals surface area contributed by atoms with Gasteiger partial charge in [0.15, 0.2) is 0 Å². The lowest BCUT2D eigenvalue weighted by Crippen LogP contribution is -2.55. The quantitative estimate of drug-likeness (QED) is 0.715. The van der Waals surface area contributed by atoms with Crippen LogP contribution in [-0.2, 0) is 20.7 Å². The first-order chi connectivity index (χ1) is 14.3. The topological polar surface area (TPSA) is 84.9 Å². The number of cyclic esters (lactones) is 1. The van der Waals surface area contributed by atoms with Crippen molar-refractivity contribution in [2.24, 2.45) is 5.92 Å². The van der Waals surface area contributed by atoms with Crippen LogP contribution in [0.1, 0.15) is 39.7 Å². The molecule has 10 heteroatoms. The number of amides is 3. The molecule has 0 bridgehead atoms. The van der Waals surface area contributed by atoms with E-state index in [1.807, 2.05) is 6.07 Å². The molecule has 0 saturated carbocycles. The first kappa shape index (κ1) is 24.5. The highest BCUT2D eigenvalue weighted by Gasteiger charge is 2.45. The average Bonchev–Trinajstić information content (AvgIpc) is 2.97. The van der Waals surface area contributed by atoms with Crippen LogP contribution in [0.15, 0.2) is 30.3 Å². The van der Waals surface area contributed by atoms with Gasteiger partial charge in [-0.1, -0.05) is 37.3 Å². The van der Waals surface area contributed by atoms with E-state index in [4.69, 9.17) is 9.47 Å². The summed E-state index contributed by atoms with van der Waals surface area (Å²) in [6.45, 7) is 5.83. The van der Waals surface area contributed by atoms with Gasteiger partial charge in [0.1, 0.15) is 18.2 Å². The maximum Gasteiger partial charge on any atom is 0.417 e. The van der Waals surface area contributed by atoms with E-state index in [1.54, 1.807) is 45.0 Å². The van der Waals surface area contributed by atoms with Crippen LogP contribution in [-0.4, -0.2) is 53.5 Å². The fourth-order valence-corrected chi connectivity index (χ4v) is 3.28. The summed E-state index contributed by atoms with van der Waals surface area (Å²) in [4.78, 5) is 38.4. The van der Waals surface area contributed by atoms with Gasteiger partial charge < -0.3 is 14.8 Å². The summed E-state index contributed by atoms with van der Waals surface area (Å²) in [5.41, 5.74) is -0.100. The maximum atomic E-state index is 13.2. The molecule has 1 heterocycles. The zero-order chi connectivity index (χ0) is 23.4. The van der Waals surface area contributed by atoms with Crippen LogP contribution in [0.25, 0.3) is 0 Å². The van der Waals surface area contributed by atoms with Gasteiger partial charge in [-0.2, -0.15) is 13.2 Å². The van der Waals surface area contributed by atoms with Crippen molar-refractivity contribution < 1.29 is 37.0 Å². The number of carbonyl (C=O) groups is 3. The number of rotatable bonds is 6.